The maximum atomic E-state index is 9.23. The molecule has 1 aliphatic rings. The summed E-state index contributed by atoms with van der Waals surface area (Å²) in [4.78, 5) is 2.35. The van der Waals surface area contributed by atoms with E-state index >= 15 is 0 Å². The number of nitrogens with zero attached hydrogens (tertiary/aromatic N) is 1. The molecule has 0 heterocycles. The summed E-state index contributed by atoms with van der Waals surface area (Å²) in [6.07, 6.45) is 6.65. The van der Waals surface area contributed by atoms with E-state index in [2.05, 4.69) is 24.2 Å². The van der Waals surface area contributed by atoms with Crippen molar-refractivity contribution in [3.63, 3.8) is 0 Å². The number of nitrogens with one attached hydrogen (secondary N) is 1. The topological polar surface area (TPSA) is 44.7 Å². The number of rotatable bonds is 10. The third kappa shape index (κ3) is 6.08. The number of hydrogen-bond acceptors (Lipinski definition) is 4. The lowest BCUT2D eigenvalue weighted by atomic mass is 9.76. The molecule has 0 aromatic rings. The van der Waals surface area contributed by atoms with Crippen molar-refractivity contribution in [2.45, 2.75) is 45.1 Å². The molecular formula is C16H34N2O2. The third-order valence-electron chi connectivity index (χ3n) is 4.68. The number of hydrogen-bond donors (Lipinski definition) is 2. The van der Waals surface area contributed by atoms with E-state index in [1.807, 2.05) is 0 Å². The molecule has 1 fully saturated rings. The minimum absolute atomic E-state index is 0.235. The highest BCUT2D eigenvalue weighted by Crippen LogP contribution is 2.32. The van der Waals surface area contributed by atoms with Gasteiger partial charge in [0.15, 0.2) is 0 Å². The van der Waals surface area contributed by atoms with Gasteiger partial charge in [-0.05, 0) is 38.1 Å². The van der Waals surface area contributed by atoms with E-state index in [0.29, 0.717) is 12.0 Å². The van der Waals surface area contributed by atoms with Crippen LogP contribution in [0.15, 0.2) is 0 Å². The molecule has 3 atom stereocenters. The van der Waals surface area contributed by atoms with Crippen molar-refractivity contribution in [3.8, 4) is 0 Å². The second kappa shape index (κ2) is 10.6. The number of methoxy groups -OCH3 is 1. The maximum absolute atomic E-state index is 9.23. The van der Waals surface area contributed by atoms with Crippen LogP contribution in [0.2, 0.25) is 0 Å². The lowest BCUT2D eigenvalue weighted by Crippen LogP contribution is -2.46. The van der Waals surface area contributed by atoms with Crippen LogP contribution in [-0.2, 0) is 4.74 Å². The normalized spacial score (nSPS) is 27.1. The van der Waals surface area contributed by atoms with E-state index in [-0.39, 0.29) is 6.61 Å². The first-order chi connectivity index (χ1) is 9.74. The molecule has 1 saturated carbocycles. The molecule has 3 unspecified atom stereocenters. The fourth-order valence-corrected chi connectivity index (χ4v) is 3.60. The van der Waals surface area contributed by atoms with E-state index in [4.69, 9.17) is 4.74 Å². The quantitative estimate of drug-likeness (QED) is 0.642. The summed E-state index contributed by atoms with van der Waals surface area (Å²) < 4.78 is 5.18. The minimum Gasteiger partial charge on any atom is -0.395 e. The van der Waals surface area contributed by atoms with Gasteiger partial charge in [0, 0.05) is 32.8 Å². The van der Waals surface area contributed by atoms with Gasteiger partial charge < -0.3 is 15.2 Å². The SMILES string of the molecule is CCCC1CCC(NC)C(CN(CCO)CCOC)C1. The van der Waals surface area contributed by atoms with Crippen LogP contribution in [0.4, 0.5) is 0 Å². The molecule has 20 heavy (non-hydrogen) atoms. The van der Waals surface area contributed by atoms with Crippen LogP contribution in [0, 0.1) is 11.8 Å². The Kier molecular flexibility index (Phi) is 9.44. The molecule has 4 heteroatoms. The fraction of sp³-hybridized carbons (Fsp3) is 1.00. The predicted molar refractivity (Wildman–Crippen MR) is 84.0 cm³/mol. The highest BCUT2D eigenvalue weighted by atomic mass is 16.5. The van der Waals surface area contributed by atoms with Crippen LogP contribution in [-0.4, -0.2) is 63.1 Å². The zero-order valence-corrected chi connectivity index (χ0v) is 13.6. The first-order valence-corrected chi connectivity index (χ1v) is 8.24. The third-order valence-corrected chi connectivity index (χ3v) is 4.68. The highest BCUT2D eigenvalue weighted by Gasteiger charge is 2.30. The van der Waals surface area contributed by atoms with Gasteiger partial charge in [0.1, 0.15) is 0 Å². The Hall–Kier alpha value is -0.160. The Bertz CT molecular complexity index is 239. The van der Waals surface area contributed by atoms with Crippen molar-refractivity contribution in [1.29, 1.82) is 0 Å². The molecule has 0 aromatic carbocycles. The Morgan fingerprint density at radius 1 is 1.30 bits per heavy atom. The minimum atomic E-state index is 0.235. The van der Waals surface area contributed by atoms with Gasteiger partial charge >= 0.3 is 0 Å². The zero-order chi connectivity index (χ0) is 14.8. The molecule has 0 saturated heterocycles. The van der Waals surface area contributed by atoms with Crippen molar-refractivity contribution in [2.75, 3.05) is 47.0 Å². The molecular weight excluding hydrogens is 252 g/mol. The Morgan fingerprint density at radius 3 is 2.70 bits per heavy atom. The molecule has 2 N–H and O–H groups in total. The van der Waals surface area contributed by atoms with Crippen molar-refractivity contribution in [2.24, 2.45) is 11.8 Å². The van der Waals surface area contributed by atoms with Crippen molar-refractivity contribution in [3.05, 3.63) is 0 Å². The Labute approximate surface area is 124 Å². The van der Waals surface area contributed by atoms with Gasteiger partial charge in [0.05, 0.1) is 13.2 Å². The standard InChI is InChI=1S/C16H34N2O2/c1-4-5-14-6-7-16(17-2)15(12-14)13-18(8-10-19)9-11-20-3/h14-17,19H,4-13H2,1-3H3. The molecule has 1 aliphatic carbocycles. The molecule has 1 rings (SSSR count). The second-order valence-corrected chi connectivity index (χ2v) is 6.14. The smallest absolute Gasteiger partial charge is 0.0589 e. The van der Waals surface area contributed by atoms with Crippen molar-refractivity contribution < 1.29 is 9.84 Å². The summed E-state index contributed by atoms with van der Waals surface area (Å²) in [6, 6.07) is 0.631. The van der Waals surface area contributed by atoms with E-state index in [0.717, 1.165) is 32.2 Å². The predicted octanol–water partition coefficient (Wildman–Crippen LogP) is 1.73. The molecule has 0 spiro atoms. The molecule has 0 radical (unpaired) electrons. The first-order valence-electron chi connectivity index (χ1n) is 8.24. The maximum Gasteiger partial charge on any atom is 0.0589 e. The number of ether oxygens (including phenoxy) is 1. The van der Waals surface area contributed by atoms with Crippen LogP contribution in [0.25, 0.3) is 0 Å². The van der Waals surface area contributed by atoms with Crippen molar-refractivity contribution in [1.82, 2.24) is 10.2 Å². The van der Waals surface area contributed by atoms with Crippen molar-refractivity contribution >= 4 is 0 Å². The van der Waals surface area contributed by atoms with E-state index in [1.165, 1.54) is 32.1 Å². The summed E-state index contributed by atoms with van der Waals surface area (Å²) >= 11 is 0. The Balaban J connectivity index is 2.52. The molecule has 4 nitrogen and oxygen atoms in total. The highest BCUT2D eigenvalue weighted by molar-refractivity contribution is 4.86. The molecule has 120 valence electrons. The van der Waals surface area contributed by atoms with E-state index in [9.17, 15) is 5.11 Å². The largest absolute Gasteiger partial charge is 0.395 e. The molecule has 0 aliphatic heterocycles. The van der Waals surface area contributed by atoms with Crippen LogP contribution < -0.4 is 5.32 Å². The first kappa shape index (κ1) is 17.9. The average Bonchev–Trinajstić information content (AvgIpc) is 2.46. The number of aliphatic hydroxyl groups is 1. The number of aliphatic hydroxyl groups excluding tert-OH is 1. The average molecular weight is 286 g/mol. The van der Waals surface area contributed by atoms with Crippen LogP contribution in [0.1, 0.15) is 39.0 Å². The van der Waals surface area contributed by atoms with Gasteiger partial charge in [-0.15, -0.1) is 0 Å². The van der Waals surface area contributed by atoms with Gasteiger partial charge in [-0.2, -0.15) is 0 Å². The summed E-state index contributed by atoms with van der Waals surface area (Å²) in [5, 5.41) is 12.7. The van der Waals surface area contributed by atoms with Gasteiger partial charge in [-0.25, -0.2) is 0 Å². The van der Waals surface area contributed by atoms with Gasteiger partial charge in [0.25, 0.3) is 0 Å². The van der Waals surface area contributed by atoms with Crippen LogP contribution in [0.3, 0.4) is 0 Å². The van der Waals surface area contributed by atoms with Gasteiger partial charge in [-0.3, -0.25) is 4.90 Å². The van der Waals surface area contributed by atoms with Crippen LogP contribution in [0.5, 0.6) is 0 Å². The summed E-state index contributed by atoms with van der Waals surface area (Å²) in [7, 11) is 3.83. The second-order valence-electron chi connectivity index (χ2n) is 6.14. The lowest BCUT2D eigenvalue weighted by Gasteiger charge is -2.39. The summed E-state index contributed by atoms with van der Waals surface area (Å²) in [5.74, 6) is 1.60. The summed E-state index contributed by atoms with van der Waals surface area (Å²) in [5.41, 5.74) is 0. The lowest BCUT2D eigenvalue weighted by molar-refractivity contribution is 0.0935. The molecule has 0 amide bonds. The Morgan fingerprint density at radius 2 is 2.10 bits per heavy atom. The molecule has 0 aromatic heterocycles. The van der Waals surface area contributed by atoms with Gasteiger partial charge in [0.2, 0.25) is 0 Å². The van der Waals surface area contributed by atoms with Crippen LogP contribution >= 0.6 is 0 Å². The van der Waals surface area contributed by atoms with E-state index < -0.39 is 0 Å². The van der Waals surface area contributed by atoms with Gasteiger partial charge in [-0.1, -0.05) is 19.8 Å². The monoisotopic (exact) mass is 286 g/mol. The van der Waals surface area contributed by atoms with E-state index in [1.54, 1.807) is 7.11 Å². The summed E-state index contributed by atoms with van der Waals surface area (Å²) in [6.45, 7) is 6.02. The zero-order valence-electron chi connectivity index (χ0n) is 13.6. The fourth-order valence-electron chi connectivity index (χ4n) is 3.60. The molecule has 0 bridgehead atoms.